The van der Waals surface area contributed by atoms with Crippen molar-refractivity contribution in [2.75, 3.05) is 19.8 Å². The van der Waals surface area contributed by atoms with E-state index in [2.05, 4.69) is 13.8 Å². The minimum absolute atomic E-state index is 0.0408. The molecule has 0 saturated carbocycles. The zero-order valence-corrected chi connectivity index (χ0v) is 18.9. The molecule has 0 aromatic rings. The molecular formula is C24H46O4. The third-order valence-electron chi connectivity index (χ3n) is 5.11. The lowest BCUT2D eigenvalue weighted by atomic mass is 9.96. The third kappa shape index (κ3) is 19.9. The summed E-state index contributed by atoms with van der Waals surface area (Å²) in [7, 11) is 0. The average molecular weight is 399 g/mol. The maximum Gasteiger partial charge on any atom is 0.306 e. The Labute approximate surface area is 174 Å². The van der Waals surface area contributed by atoms with Gasteiger partial charge in [-0.2, -0.15) is 0 Å². The van der Waals surface area contributed by atoms with Gasteiger partial charge in [-0.05, 0) is 32.1 Å². The van der Waals surface area contributed by atoms with Crippen LogP contribution in [-0.2, 0) is 19.1 Å². The number of ketones is 1. The molecule has 0 aromatic carbocycles. The van der Waals surface area contributed by atoms with Crippen molar-refractivity contribution in [3.05, 3.63) is 0 Å². The lowest BCUT2D eigenvalue weighted by Gasteiger charge is -2.15. The van der Waals surface area contributed by atoms with E-state index in [0.29, 0.717) is 26.1 Å². The first-order valence-corrected chi connectivity index (χ1v) is 11.8. The number of unbranched alkanes of at least 4 members (excludes halogenated alkanes) is 10. The SMILES string of the molecule is CCCCCCCCOCCC(CC(C)=O)CC(=O)OCCCCCCCC. The van der Waals surface area contributed by atoms with Gasteiger partial charge in [-0.1, -0.05) is 78.1 Å². The zero-order valence-electron chi connectivity index (χ0n) is 18.9. The average Bonchev–Trinajstić information content (AvgIpc) is 2.65. The summed E-state index contributed by atoms with van der Waals surface area (Å²) in [5.41, 5.74) is 0. The van der Waals surface area contributed by atoms with Crippen LogP contribution in [0.4, 0.5) is 0 Å². The number of carbonyl (C=O) groups is 2. The highest BCUT2D eigenvalue weighted by atomic mass is 16.5. The van der Waals surface area contributed by atoms with Crippen LogP contribution in [0.1, 0.15) is 117 Å². The van der Waals surface area contributed by atoms with Crippen LogP contribution in [0.3, 0.4) is 0 Å². The summed E-state index contributed by atoms with van der Waals surface area (Å²) in [5.74, 6) is -0.000473. The predicted octanol–water partition coefficient (Wildman–Crippen LogP) is 6.64. The maximum absolute atomic E-state index is 12.1. The molecule has 0 aromatic heterocycles. The minimum atomic E-state index is -0.171. The number of hydrogen-bond acceptors (Lipinski definition) is 4. The fraction of sp³-hybridized carbons (Fsp3) is 0.917. The number of Topliss-reactive ketones (excluding diaryl/α,β-unsaturated/α-hetero) is 1. The Morgan fingerprint density at radius 3 is 1.79 bits per heavy atom. The monoisotopic (exact) mass is 398 g/mol. The van der Waals surface area contributed by atoms with Crippen LogP contribution < -0.4 is 0 Å². The van der Waals surface area contributed by atoms with Crippen molar-refractivity contribution in [3.63, 3.8) is 0 Å². The summed E-state index contributed by atoms with van der Waals surface area (Å²) in [6.07, 6.45) is 16.1. The van der Waals surface area contributed by atoms with Gasteiger partial charge in [-0.15, -0.1) is 0 Å². The van der Waals surface area contributed by atoms with Crippen LogP contribution in [0.25, 0.3) is 0 Å². The van der Waals surface area contributed by atoms with Gasteiger partial charge in [-0.25, -0.2) is 0 Å². The molecule has 4 heteroatoms. The first kappa shape index (κ1) is 27.1. The molecular weight excluding hydrogens is 352 g/mol. The number of ether oxygens (including phenoxy) is 2. The molecule has 0 N–H and O–H groups in total. The highest BCUT2D eigenvalue weighted by Crippen LogP contribution is 2.16. The predicted molar refractivity (Wildman–Crippen MR) is 117 cm³/mol. The summed E-state index contributed by atoms with van der Waals surface area (Å²) in [5, 5.41) is 0. The molecule has 4 nitrogen and oxygen atoms in total. The van der Waals surface area contributed by atoms with Crippen LogP contribution in [0.15, 0.2) is 0 Å². The normalized spacial score (nSPS) is 12.1. The lowest BCUT2D eigenvalue weighted by Crippen LogP contribution is -2.16. The summed E-state index contributed by atoms with van der Waals surface area (Å²) in [6, 6.07) is 0. The summed E-state index contributed by atoms with van der Waals surface area (Å²) < 4.78 is 11.1. The van der Waals surface area contributed by atoms with Gasteiger partial charge in [0.15, 0.2) is 0 Å². The highest BCUT2D eigenvalue weighted by molar-refractivity contribution is 5.77. The van der Waals surface area contributed by atoms with Crippen LogP contribution in [-0.4, -0.2) is 31.6 Å². The van der Waals surface area contributed by atoms with Crippen LogP contribution in [0.5, 0.6) is 0 Å². The van der Waals surface area contributed by atoms with Crippen molar-refractivity contribution < 1.29 is 19.1 Å². The molecule has 1 atom stereocenters. The van der Waals surface area contributed by atoms with Crippen LogP contribution in [0.2, 0.25) is 0 Å². The second-order valence-corrected chi connectivity index (χ2v) is 8.13. The molecule has 0 aliphatic rings. The summed E-state index contributed by atoms with van der Waals surface area (Å²) >= 11 is 0. The first-order valence-electron chi connectivity index (χ1n) is 11.8. The van der Waals surface area contributed by atoms with E-state index in [1.54, 1.807) is 6.92 Å². The Bertz CT molecular complexity index is 368. The van der Waals surface area contributed by atoms with E-state index in [0.717, 1.165) is 32.3 Å². The van der Waals surface area contributed by atoms with Gasteiger partial charge in [0.25, 0.3) is 0 Å². The first-order chi connectivity index (χ1) is 13.6. The van der Waals surface area contributed by atoms with Gasteiger partial charge in [0.05, 0.1) is 6.61 Å². The Morgan fingerprint density at radius 2 is 1.21 bits per heavy atom. The van der Waals surface area contributed by atoms with Crippen molar-refractivity contribution >= 4 is 11.8 Å². The Kier molecular flexibility index (Phi) is 20.2. The van der Waals surface area contributed by atoms with Gasteiger partial charge < -0.3 is 14.3 Å². The molecule has 0 heterocycles. The fourth-order valence-corrected chi connectivity index (χ4v) is 3.38. The highest BCUT2D eigenvalue weighted by Gasteiger charge is 2.17. The van der Waals surface area contributed by atoms with E-state index in [1.165, 1.54) is 57.8 Å². The van der Waals surface area contributed by atoms with Crippen LogP contribution in [0, 0.1) is 5.92 Å². The van der Waals surface area contributed by atoms with Gasteiger partial charge in [0.1, 0.15) is 5.78 Å². The molecule has 0 saturated heterocycles. The number of hydrogen-bond donors (Lipinski definition) is 0. The van der Waals surface area contributed by atoms with E-state index in [9.17, 15) is 9.59 Å². The molecule has 0 aliphatic carbocycles. The molecule has 1 unspecified atom stereocenters. The van der Waals surface area contributed by atoms with Gasteiger partial charge in [-0.3, -0.25) is 4.79 Å². The van der Waals surface area contributed by atoms with E-state index in [-0.39, 0.29) is 17.7 Å². The largest absolute Gasteiger partial charge is 0.466 e. The summed E-state index contributed by atoms with van der Waals surface area (Å²) in [6.45, 7) is 7.93. The van der Waals surface area contributed by atoms with Crippen molar-refractivity contribution in [2.45, 2.75) is 117 Å². The van der Waals surface area contributed by atoms with E-state index in [4.69, 9.17) is 9.47 Å². The Morgan fingerprint density at radius 1 is 0.679 bits per heavy atom. The molecule has 0 amide bonds. The van der Waals surface area contributed by atoms with Gasteiger partial charge >= 0.3 is 5.97 Å². The van der Waals surface area contributed by atoms with Crippen molar-refractivity contribution in [1.29, 1.82) is 0 Å². The van der Waals surface area contributed by atoms with E-state index in [1.807, 2.05) is 0 Å². The topological polar surface area (TPSA) is 52.6 Å². The molecule has 166 valence electrons. The minimum Gasteiger partial charge on any atom is -0.466 e. The fourth-order valence-electron chi connectivity index (χ4n) is 3.38. The van der Waals surface area contributed by atoms with Crippen molar-refractivity contribution in [3.8, 4) is 0 Å². The van der Waals surface area contributed by atoms with Crippen LogP contribution >= 0.6 is 0 Å². The number of rotatable bonds is 21. The lowest BCUT2D eigenvalue weighted by molar-refractivity contribution is -0.145. The van der Waals surface area contributed by atoms with E-state index >= 15 is 0 Å². The van der Waals surface area contributed by atoms with Crippen molar-refractivity contribution in [1.82, 2.24) is 0 Å². The molecule has 28 heavy (non-hydrogen) atoms. The van der Waals surface area contributed by atoms with Crippen molar-refractivity contribution in [2.24, 2.45) is 5.92 Å². The smallest absolute Gasteiger partial charge is 0.306 e. The Balaban J connectivity index is 3.79. The number of carbonyl (C=O) groups excluding carboxylic acids is 2. The maximum atomic E-state index is 12.1. The molecule has 0 rings (SSSR count). The molecule has 0 spiro atoms. The molecule has 0 fully saturated rings. The summed E-state index contributed by atoms with van der Waals surface area (Å²) in [4.78, 5) is 23.5. The van der Waals surface area contributed by atoms with Gasteiger partial charge in [0, 0.05) is 26.1 Å². The quantitative estimate of drug-likeness (QED) is 0.161. The second kappa shape index (κ2) is 20.8. The second-order valence-electron chi connectivity index (χ2n) is 8.13. The standard InChI is InChI=1S/C24H46O4/c1-4-6-8-10-12-14-17-27-19-16-23(20-22(3)25)21-24(26)28-18-15-13-11-9-7-5-2/h23H,4-21H2,1-3H3. The van der Waals surface area contributed by atoms with E-state index < -0.39 is 0 Å². The molecule has 0 radical (unpaired) electrons. The zero-order chi connectivity index (χ0) is 20.9. The number of esters is 1. The third-order valence-corrected chi connectivity index (χ3v) is 5.11. The molecule has 0 aliphatic heterocycles. The Hall–Kier alpha value is -0.900. The molecule has 0 bridgehead atoms. The van der Waals surface area contributed by atoms with Gasteiger partial charge in [0.2, 0.25) is 0 Å².